The van der Waals surface area contributed by atoms with Gasteiger partial charge in [-0.3, -0.25) is 0 Å². The Morgan fingerprint density at radius 3 is 0.780 bits per heavy atom. The molecule has 0 aromatic heterocycles. The van der Waals surface area contributed by atoms with Crippen LogP contribution in [-0.4, -0.2) is 8.42 Å². The largest absolute Gasteiger partial charge is 0.399 e. The fourth-order valence-electron chi connectivity index (χ4n) is 2.49. The van der Waals surface area contributed by atoms with Gasteiger partial charge in [0.25, 0.3) is 0 Å². The Kier molecular flexibility index (Phi) is 24.7. The van der Waals surface area contributed by atoms with Gasteiger partial charge < -0.3 is 34.4 Å². The van der Waals surface area contributed by atoms with Gasteiger partial charge in [0.2, 0.25) is 9.84 Å². The van der Waals surface area contributed by atoms with Crippen molar-refractivity contribution in [2.45, 2.75) is 65.2 Å². The van der Waals surface area contributed by atoms with E-state index in [1.165, 1.54) is 24.3 Å². The number of anilines is 6. The Morgan fingerprint density at radius 2 is 0.585 bits per heavy atom. The fraction of sp³-hybridized carbons (Fsp3) is 0.250. The van der Waals surface area contributed by atoms with Gasteiger partial charge in [-0.15, -0.1) is 0 Å². The van der Waals surface area contributed by atoms with Gasteiger partial charge >= 0.3 is 0 Å². The summed E-state index contributed by atoms with van der Waals surface area (Å²) in [5, 5.41) is 0. The van der Waals surface area contributed by atoms with E-state index in [9.17, 15) is 8.42 Å². The monoisotopic (exact) mass is 584 g/mol. The molecular formula is C32H52N6O2S. The lowest BCUT2D eigenvalue weighted by molar-refractivity contribution is 0.596. The van der Waals surface area contributed by atoms with E-state index < -0.39 is 9.84 Å². The van der Waals surface area contributed by atoms with E-state index in [2.05, 4.69) is 0 Å². The summed E-state index contributed by atoms with van der Waals surface area (Å²) in [6.45, 7) is 16.0. The van der Waals surface area contributed by atoms with E-state index in [1.807, 2.05) is 61.5 Å². The maximum atomic E-state index is 12.2. The van der Waals surface area contributed by atoms with Gasteiger partial charge in [-0.05, 0) is 91.0 Å². The zero-order chi connectivity index (χ0) is 32.4. The maximum absolute atomic E-state index is 12.2. The zero-order valence-corrected chi connectivity index (χ0v) is 26.7. The van der Waals surface area contributed by atoms with Crippen LogP contribution in [0.5, 0.6) is 0 Å². The standard InChI is InChI=1S/C12H12N2O2S.2C6H8N2.4C2H6/c13-9-1-5-11(6-2-9)17(15,16)12-7-3-10(14)4-8-12;7-5-1-2-6(8)4-3-5;7-5-2-1-3-6(8)4-5;4*1-2/h1-8H,13-14H2;2*1-4H,7-8H2;4*1-2H3. The molecule has 41 heavy (non-hydrogen) atoms. The van der Waals surface area contributed by atoms with Crippen LogP contribution in [-0.2, 0) is 9.84 Å². The third-order valence-electron chi connectivity index (χ3n) is 4.23. The molecule has 8 nitrogen and oxygen atoms in total. The SMILES string of the molecule is CC.CC.CC.CC.Nc1ccc(N)cc1.Nc1ccc(S(=O)(=O)c2ccc(N)cc2)cc1.Nc1cccc(N)c1. The summed E-state index contributed by atoms with van der Waals surface area (Å²) in [5.41, 5.74) is 36.5. The van der Waals surface area contributed by atoms with Gasteiger partial charge in [0.1, 0.15) is 0 Å². The molecule has 0 saturated carbocycles. The van der Waals surface area contributed by atoms with Crippen molar-refractivity contribution in [1.82, 2.24) is 0 Å². The van der Waals surface area contributed by atoms with Crippen LogP contribution >= 0.6 is 0 Å². The van der Waals surface area contributed by atoms with Crippen LogP contribution in [0.1, 0.15) is 55.4 Å². The van der Waals surface area contributed by atoms with Crippen LogP contribution in [0.3, 0.4) is 0 Å². The van der Waals surface area contributed by atoms with Crippen molar-refractivity contribution >= 4 is 44.0 Å². The molecule has 4 rings (SSSR count). The molecule has 0 saturated heterocycles. The molecule has 4 aromatic carbocycles. The molecule has 0 amide bonds. The first-order chi connectivity index (χ1) is 19.6. The smallest absolute Gasteiger partial charge is 0.206 e. The second-order valence-corrected chi connectivity index (χ2v) is 8.93. The third kappa shape index (κ3) is 17.8. The molecule has 0 aliphatic carbocycles. The van der Waals surface area contributed by atoms with Crippen molar-refractivity contribution in [3.8, 4) is 0 Å². The van der Waals surface area contributed by atoms with Crippen LogP contribution in [0, 0.1) is 0 Å². The number of nitrogens with two attached hydrogens (primary N) is 6. The molecule has 4 aromatic rings. The van der Waals surface area contributed by atoms with Gasteiger partial charge in [-0.1, -0.05) is 61.5 Å². The van der Waals surface area contributed by atoms with Crippen molar-refractivity contribution < 1.29 is 8.42 Å². The first kappa shape index (κ1) is 41.1. The average Bonchev–Trinajstić information content (AvgIpc) is 3.00. The Labute approximate surface area is 248 Å². The minimum Gasteiger partial charge on any atom is -0.399 e. The van der Waals surface area contributed by atoms with Crippen LogP contribution in [0.15, 0.2) is 107 Å². The quantitative estimate of drug-likeness (QED) is 0.130. The number of rotatable bonds is 2. The topological polar surface area (TPSA) is 190 Å². The maximum Gasteiger partial charge on any atom is 0.206 e. The fourth-order valence-corrected chi connectivity index (χ4v) is 3.75. The predicted molar refractivity (Wildman–Crippen MR) is 183 cm³/mol. The summed E-state index contributed by atoms with van der Waals surface area (Å²) in [6, 6.07) is 26.4. The van der Waals surface area contributed by atoms with E-state index in [-0.39, 0.29) is 9.79 Å². The minimum absolute atomic E-state index is 0.219. The molecule has 0 atom stereocenters. The molecule has 12 N–H and O–H groups in total. The van der Waals surface area contributed by atoms with Crippen molar-refractivity contribution in [3.05, 3.63) is 97.1 Å². The van der Waals surface area contributed by atoms with Crippen LogP contribution < -0.4 is 34.4 Å². The van der Waals surface area contributed by atoms with Crippen LogP contribution in [0.4, 0.5) is 34.1 Å². The lowest BCUT2D eigenvalue weighted by Gasteiger charge is -2.05. The van der Waals surface area contributed by atoms with E-state index in [4.69, 9.17) is 34.4 Å². The van der Waals surface area contributed by atoms with E-state index in [0.29, 0.717) is 22.7 Å². The van der Waals surface area contributed by atoms with E-state index in [0.717, 1.165) is 11.4 Å². The third-order valence-corrected chi connectivity index (χ3v) is 6.01. The Morgan fingerprint density at radius 1 is 0.366 bits per heavy atom. The lowest BCUT2D eigenvalue weighted by Crippen LogP contribution is -2.02. The molecule has 0 heterocycles. The van der Waals surface area contributed by atoms with Crippen molar-refractivity contribution in [1.29, 1.82) is 0 Å². The Balaban J connectivity index is -0.000000508. The molecule has 0 fully saturated rings. The Hall–Kier alpha value is -4.37. The van der Waals surface area contributed by atoms with Gasteiger partial charge in [-0.25, -0.2) is 8.42 Å². The van der Waals surface area contributed by atoms with Crippen molar-refractivity contribution in [2.24, 2.45) is 0 Å². The van der Waals surface area contributed by atoms with Crippen molar-refractivity contribution in [2.75, 3.05) is 34.4 Å². The highest BCUT2D eigenvalue weighted by atomic mass is 32.2. The van der Waals surface area contributed by atoms with E-state index in [1.54, 1.807) is 66.7 Å². The van der Waals surface area contributed by atoms with Crippen LogP contribution in [0.2, 0.25) is 0 Å². The first-order valence-electron chi connectivity index (χ1n) is 13.8. The highest BCUT2D eigenvalue weighted by molar-refractivity contribution is 7.91. The zero-order valence-electron chi connectivity index (χ0n) is 25.9. The Bertz CT molecular complexity index is 1170. The summed E-state index contributed by atoms with van der Waals surface area (Å²) in [6.07, 6.45) is 0. The van der Waals surface area contributed by atoms with E-state index >= 15 is 0 Å². The highest BCUT2D eigenvalue weighted by Crippen LogP contribution is 2.22. The molecule has 0 bridgehead atoms. The molecule has 0 aliphatic rings. The highest BCUT2D eigenvalue weighted by Gasteiger charge is 2.16. The molecule has 0 aliphatic heterocycles. The molecular weight excluding hydrogens is 532 g/mol. The molecule has 228 valence electrons. The second kappa shape index (κ2) is 24.7. The number of benzene rings is 4. The molecule has 0 unspecified atom stereocenters. The molecule has 0 radical (unpaired) electrons. The van der Waals surface area contributed by atoms with Gasteiger partial charge in [0.05, 0.1) is 9.79 Å². The number of sulfone groups is 1. The summed E-state index contributed by atoms with van der Waals surface area (Å²) in [5.74, 6) is 0. The summed E-state index contributed by atoms with van der Waals surface area (Å²) >= 11 is 0. The number of nitrogen functional groups attached to an aromatic ring is 6. The summed E-state index contributed by atoms with van der Waals surface area (Å²) in [7, 11) is -3.48. The van der Waals surface area contributed by atoms with Crippen molar-refractivity contribution in [3.63, 3.8) is 0 Å². The predicted octanol–water partition coefficient (Wildman–Crippen LogP) is 7.49. The summed E-state index contributed by atoms with van der Waals surface area (Å²) < 4.78 is 24.3. The second-order valence-electron chi connectivity index (χ2n) is 6.98. The normalized spacial score (nSPS) is 8.78. The minimum atomic E-state index is -3.48. The van der Waals surface area contributed by atoms with Gasteiger partial charge in [0, 0.05) is 34.1 Å². The lowest BCUT2D eigenvalue weighted by atomic mass is 10.3. The number of hydrogen-bond acceptors (Lipinski definition) is 8. The van der Waals surface area contributed by atoms with Gasteiger partial charge in [0.15, 0.2) is 0 Å². The molecule has 9 heteroatoms. The van der Waals surface area contributed by atoms with Gasteiger partial charge in [-0.2, -0.15) is 0 Å². The molecule has 0 spiro atoms. The van der Waals surface area contributed by atoms with Crippen LogP contribution in [0.25, 0.3) is 0 Å². The average molecular weight is 585 g/mol. The number of hydrogen-bond donors (Lipinski definition) is 6. The first-order valence-corrected chi connectivity index (χ1v) is 15.2. The summed E-state index contributed by atoms with van der Waals surface area (Å²) in [4.78, 5) is 0.438.